The molecule has 1 aromatic carbocycles. The van der Waals surface area contributed by atoms with Crippen molar-refractivity contribution in [3.8, 4) is 11.5 Å². The highest BCUT2D eigenvalue weighted by Gasteiger charge is 2.20. The summed E-state index contributed by atoms with van der Waals surface area (Å²) in [7, 11) is 1.28. The van der Waals surface area contributed by atoms with Crippen molar-refractivity contribution in [1.29, 1.82) is 0 Å². The molecule has 0 unspecified atom stereocenters. The Kier molecular flexibility index (Phi) is 7.47. The summed E-state index contributed by atoms with van der Waals surface area (Å²) in [6, 6.07) is 2.86. The molecule has 0 saturated heterocycles. The number of aliphatic carboxylic acids is 1. The van der Waals surface area contributed by atoms with Gasteiger partial charge in [-0.15, -0.1) is 0 Å². The number of ether oxygens (including phenoxy) is 2. The molecule has 0 aromatic heterocycles. The van der Waals surface area contributed by atoms with E-state index in [0.29, 0.717) is 12.8 Å². The first-order valence-corrected chi connectivity index (χ1v) is 7.36. The van der Waals surface area contributed by atoms with Crippen LogP contribution in [0.2, 0.25) is 0 Å². The molecule has 9 heteroatoms. The molecule has 132 valence electrons. The Morgan fingerprint density at radius 1 is 1.42 bits per heavy atom. The van der Waals surface area contributed by atoms with E-state index in [9.17, 15) is 19.7 Å². The highest BCUT2D eigenvalue weighted by atomic mass is 16.6. The standard InChI is InChI=1S/C15H20N2O7/c1-3-4-5-11(15(19)20)16-14(18)9-24-10-6-7-12(17(21)22)13(8-10)23-2/h6-8,11H,3-5,9H2,1-2H3,(H,16,18)(H,19,20)/t11-/m0/s1. The van der Waals surface area contributed by atoms with Gasteiger partial charge >= 0.3 is 11.7 Å². The molecule has 9 nitrogen and oxygen atoms in total. The predicted octanol–water partition coefficient (Wildman–Crippen LogP) is 1.74. The zero-order chi connectivity index (χ0) is 18.1. The summed E-state index contributed by atoms with van der Waals surface area (Å²) < 4.78 is 10.1. The van der Waals surface area contributed by atoms with Crippen LogP contribution >= 0.6 is 0 Å². The van der Waals surface area contributed by atoms with Crippen LogP contribution in [0.4, 0.5) is 5.69 Å². The number of carboxylic acid groups (broad SMARTS) is 1. The summed E-state index contributed by atoms with van der Waals surface area (Å²) >= 11 is 0. The third-order valence-corrected chi connectivity index (χ3v) is 3.20. The fourth-order valence-electron chi connectivity index (χ4n) is 1.95. The molecular formula is C15H20N2O7. The molecule has 0 aliphatic heterocycles. The van der Waals surface area contributed by atoms with Crippen molar-refractivity contribution < 1.29 is 29.1 Å². The SMILES string of the molecule is CCCC[C@H](NC(=O)COc1ccc([N+](=O)[O-])c(OC)c1)C(=O)O. The molecule has 0 fully saturated rings. The van der Waals surface area contributed by atoms with Crippen molar-refractivity contribution in [2.75, 3.05) is 13.7 Å². The average molecular weight is 340 g/mol. The maximum absolute atomic E-state index is 11.8. The number of hydrogen-bond donors (Lipinski definition) is 2. The summed E-state index contributed by atoms with van der Waals surface area (Å²) in [6.45, 7) is 1.52. The number of carbonyl (C=O) groups is 2. The molecule has 0 aliphatic carbocycles. The number of nitrogens with one attached hydrogen (secondary N) is 1. The number of hydrogen-bond acceptors (Lipinski definition) is 6. The van der Waals surface area contributed by atoms with E-state index in [0.717, 1.165) is 6.42 Å². The Bertz CT molecular complexity index is 603. The van der Waals surface area contributed by atoms with Crippen LogP contribution < -0.4 is 14.8 Å². The van der Waals surface area contributed by atoms with Gasteiger partial charge in [0.05, 0.1) is 12.0 Å². The zero-order valence-electron chi connectivity index (χ0n) is 13.5. The fraction of sp³-hybridized carbons (Fsp3) is 0.467. The number of nitro benzene ring substituents is 1. The third kappa shape index (κ3) is 5.75. The lowest BCUT2D eigenvalue weighted by molar-refractivity contribution is -0.385. The summed E-state index contributed by atoms with van der Waals surface area (Å²) in [5, 5.41) is 22.2. The average Bonchev–Trinajstić information content (AvgIpc) is 2.55. The van der Waals surface area contributed by atoms with Crippen molar-refractivity contribution in [3.05, 3.63) is 28.3 Å². The van der Waals surface area contributed by atoms with Gasteiger partial charge in [-0.3, -0.25) is 14.9 Å². The minimum atomic E-state index is -1.10. The van der Waals surface area contributed by atoms with Crippen molar-refractivity contribution in [1.82, 2.24) is 5.32 Å². The van der Waals surface area contributed by atoms with Crippen LogP contribution in [0.5, 0.6) is 11.5 Å². The number of nitrogens with zero attached hydrogens (tertiary/aromatic N) is 1. The minimum absolute atomic E-state index is 0.00395. The van der Waals surface area contributed by atoms with Crippen LogP contribution in [0.3, 0.4) is 0 Å². The molecule has 24 heavy (non-hydrogen) atoms. The van der Waals surface area contributed by atoms with Crippen molar-refractivity contribution in [3.63, 3.8) is 0 Å². The number of unbranched alkanes of at least 4 members (excludes halogenated alkanes) is 1. The number of amides is 1. The van der Waals surface area contributed by atoms with E-state index in [1.807, 2.05) is 6.92 Å². The van der Waals surface area contributed by atoms with E-state index in [1.54, 1.807) is 0 Å². The van der Waals surface area contributed by atoms with E-state index in [1.165, 1.54) is 25.3 Å². The maximum Gasteiger partial charge on any atom is 0.326 e. The molecule has 0 saturated carbocycles. The molecule has 0 aliphatic rings. The van der Waals surface area contributed by atoms with E-state index in [2.05, 4.69) is 5.32 Å². The van der Waals surface area contributed by atoms with Gasteiger partial charge < -0.3 is 19.9 Å². The Balaban J connectivity index is 2.63. The lowest BCUT2D eigenvalue weighted by Gasteiger charge is -2.14. The third-order valence-electron chi connectivity index (χ3n) is 3.20. The number of nitro groups is 1. The summed E-state index contributed by atoms with van der Waals surface area (Å²) in [4.78, 5) is 33.0. The molecule has 0 bridgehead atoms. The van der Waals surface area contributed by atoms with Crippen molar-refractivity contribution in [2.45, 2.75) is 32.2 Å². The molecule has 2 N–H and O–H groups in total. The van der Waals surface area contributed by atoms with Crippen LogP contribution in [0.25, 0.3) is 0 Å². The van der Waals surface area contributed by atoms with Crippen LogP contribution in [0.15, 0.2) is 18.2 Å². The molecule has 1 rings (SSSR count). The first-order valence-electron chi connectivity index (χ1n) is 7.36. The second-order valence-electron chi connectivity index (χ2n) is 4.98. The minimum Gasteiger partial charge on any atom is -0.490 e. The quantitative estimate of drug-likeness (QED) is 0.490. The van der Waals surface area contributed by atoms with Gasteiger partial charge in [0, 0.05) is 12.1 Å². The van der Waals surface area contributed by atoms with Crippen molar-refractivity contribution in [2.24, 2.45) is 0 Å². The fourth-order valence-corrected chi connectivity index (χ4v) is 1.95. The largest absolute Gasteiger partial charge is 0.490 e. The number of rotatable bonds is 10. The van der Waals surface area contributed by atoms with Crippen LogP contribution in [-0.4, -0.2) is 41.7 Å². The summed E-state index contributed by atoms with van der Waals surface area (Å²) in [6.07, 6.45) is 1.83. The second kappa shape index (κ2) is 9.33. The lowest BCUT2D eigenvalue weighted by atomic mass is 10.1. The Hall–Kier alpha value is -2.84. The monoisotopic (exact) mass is 340 g/mol. The smallest absolute Gasteiger partial charge is 0.326 e. The molecule has 0 radical (unpaired) electrons. The zero-order valence-corrected chi connectivity index (χ0v) is 13.5. The number of carboxylic acids is 1. The maximum atomic E-state index is 11.8. The molecule has 0 heterocycles. The van der Waals surface area contributed by atoms with E-state index < -0.39 is 29.4 Å². The van der Waals surface area contributed by atoms with Crippen LogP contribution in [0.1, 0.15) is 26.2 Å². The summed E-state index contributed by atoms with van der Waals surface area (Å²) in [5.74, 6) is -1.48. The van der Waals surface area contributed by atoms with E-state index in [-0.39, 0.29) is 17.2 Å². The van der Waals surface area contributed by atoms with E-state index >= 15 is 0 Å². The normalized spacial score (nSPS) is 11.4. The number of methoxy groups -OCH3 is 1. The first kappa shape index (κ1) is 19.2. The molecular weight excluding hydrogens is 320 g/mol. The molecule has 0 spiro atoms. The topological polar surface area (TPSA) is 128 Å². The number of carbonyl (C=O) groups excluding carboxylic acids is 1. The van der Waals surface area contributed by atoms with Gasteiger partial charge in [-0.2, -0.15) is 0 Å². The van der Waals surface area contributed by atoms with Crippen LogP contribution in [0, 0.1) is 10.1 Å². The van der Waals surface area contributed by atoms with Gasteiger partial charge in [0.2, 0.25) is 5.75 Å². The predicted molar refractivity (Wildman–Crippen MR) is 84.2 cm³/mol. The van der Waals surface area contributed by atoms with Gasteiger partial charge in [-0.25, -0.2) is 4.79 Å². The lowest BCUT2D eigenvalue weighted by Crippen LogP contribution is -2.42. The van der Waals surface area contributed by atoms with Gasteiger partial charge in [0.15, 0.2) is 6.61 Å². The van der Waals surface area contributed by atoms with E-state index in [4.69, 9.17) is 14.6 Å². The Labute approximate surface area is 138 Å². The van der Waals surface area contributed by atoms with Gasteiger partial charge in [0.1, 0.15) is 11.8 Å². The Morgan fingerprint density at radius 3 is 2.67 bits per heavy atom. The highest BCUT2D eigenvalue weighted by molar-refractivity contribution is 5.84. The van der Waals surface area contributed by atoms with Gasteiger partial charge in [-0.1, -0.05) is 19.8 Å². The van der Waals surface area contributed by atoms with Gasteiger partial charge in [-0.05, 0) is 12.5 Å². The second-order valence-corrected chi connectivity index (χ2v) is 4.98. The first-order chi connectivity index (χ1) is 11.4. The Morgan fingerprint density at radius 2 is 2.12 bits per heavy atom. The molecule has 1 atom stereocenters. The van der Waals surface area contributed by atoms with Gasteiger partial charge in [0.25, 0.3) is 5.91 Å². The van der Waals surface area contributed by atoms with Crippen molar-refractivity contribution >= 4 is 17.6 Å². The molecule has 1 aromatic rings. The highest BCUT2D eigenvalue weighted by Crippen LogP contribution is 2.30. The summed E-state index contributed by atoms with van der Waals surface area (Å²) in [5.41, 5.74) is -0.222. The molecule has 1 amide bonds. The number of benzene rings is 1. The van der Waals surface area contributed by atoms with Crippen LogP contribution in [-0.2, 0) is 9.59 Å².